The summed E-state index contributed by atoms with van der Waals surface area (Å²) in [4.78, 5) is 0.958. The van der Waals surface area contributed by atoms with Crippen LogP contribution in [0.15, 0.2) is 144 Å². The van der Waals surface area contributed by atoms with Crippen molar-refractivity contribution in [2.24, 2.45) is 0 Å². The number of aromatic nitrogens is 1. The predicted octanol–water partition coefficient (Wildman–Crippen LogP) is 10.4. The van der Waals surface area contributed by atoms with Crippen LogP contribution in [0.2, 0.25) is 0 Å². The molecule has 1 aromatic heterocycles. The van der Waals surface area contributed by atoms with Gasteiger partial charge in [0.05, 0.1) is 22.2 Å². The van der Waals surface area contributed by atoms with Crippen molar-refractivity contribution >= 4 is 47.0 Å². The fraction of sp³-hybridized carbons (Fsp3) is 0.143. The molecule has 0 radical (unpaired) electrons. The fourth-order valence-corrected chi connectivity index (χ4v) is 6.98. The number of rotatable bonds is 5. The van der Waals surface area contributed by atoms with E-state index in [2.05, 4.69) is 160 Å². The van der Waals surface area contributed by atoms with Crippen molar-refractivity contribution in [3.05, 3.63) is 140 Å². The average Bonchev–Trinajstić information content (AvgIpc) is 3.53. The molecule has 0 unspecified atom stereocenters. The van der Waals surface area contributed by atoms with Crippen LogP contribution in [0.1, 0.15) is 27.7 Å². The monoisotopic (exact) mass is 629 g/mol. The highest BCUT2D eigenvalue weighted by atomic mass is 32.1. The maximum atomic E-state index is 6.59. The third-order valence-corrected chi connectivity index (χ3v) is 10.3. The highest BCUT2D eigenvalue weighted by molar-refractivity contribution is 7.80. The predicted molar refractivity (Wildman–Crippen MR) is 200 cm³/mol. The van der Waals surface area contributed by atoms with Crippen LogP contribution in [0.25, 0.3) is 60.9 Å². The molecule has 0 atom stereocenters. The van der Waals surface area contributed by atoms with Crippen LogP contribution in [-0.4, -0.2) is 22.9 Å². The summed E-state index contributed by atoms with van der Waals surface area (Å²) in [6.07, 6.45) is 0. The second-order valence-electron chi connectivity index (χ2n) is 13.4. The Balaban J connectivity index is 1.31. The molecule has 0 saturated carbocycles. The van der Waals surface area contributed by atoms with E-state index in [9.17, 15) is 0 Å². The molecule has 1 aliphatic rings. The smallest absolute Gasteiger partial charge is 0.399 e. The van der Waals surface area contributed by atoms with Gasteiger partial charge in [-0.15, -0.1) is 12.6 Å². The van der Waals surface area contributed by atoms with Crippen molar-refractivity contribution in [3.63, 3.8) is 0 Å². The van der Waals surface area contributed by atoms with Crippen molar-refractivity contribution in [3.8, 4) is 39.1 Å². The Hall–Kier alpha value is -4.55. The summed E-state index contributed by atoms with van der Waals surface area (Å²) >= 11 is 4.75. The number of hydrogen-bond acceptors (Lipinski definition) is 3. The second kappa shape index (κ2) is 11.3. The lowest BCUT2D eigenvalue weighted by atomic mass is 9.76. The van der Waals surface area contributed by atoms with Crippen LogP contribution in [-0.2, 0) is 9.31 Å². The fourth-order valence-electron chi connectivity index (χ4n) is 6.69. The van der Waals surface area contributed by atoms with E-state index in [-0.39, 0.29) is 0 Å². The quantitative estimate of drug-likeness (QED) is 0.151. The van der Waals surface area contributed by atoms with E-state index < -0.39 is 18.3 Å². The molecule has 1 aliphatic heterocycles. The average molecular weight is 630 g/mol. The van der Waals surface area contributed by atoms with E-state index in [1.807, 2.05) is 12.1 Å². The van der Waals surface area contributed by atoms with Crippen molar-refractivity contribution in [1.29, 1.82) is 0 Å². The molecule has 0 amide bonds. The summed E-state index contributed by atoms with van der Waals surface area (Å²) in [5, 5.41) is 2.45. The number of thiol groups is 1. The largest absolute Gasteiger partial charge is 0.494 e. The molecule has 6 aromatic carbocycles. The maximum absolute atomic E-state index is 6.59. The van der Waals surface area contributed by atoms with Crippen LogP contribution >= 0.6 is 12.6 Å². The van der Waals surface area contributed by atoms with E-state index in [1.54, 1.807) is 0 Å². The van der Waals surface area contributed by atoms with Crippen LogP contribution in [0.4, 0.5) is 0 Å². The zero-order valence-corrected chi connectivity index (χ0v) is 28.0. The van der Waals surface area contributed by atoms with Gasteiger partial charge in [-0.1, -0.05) is 91.0 Å². The first kappa shape index (κ1) is 29.8. The zero-order chi connectivity index (χ0) is 32.3. The SMILES string of the molecule is CC1(C)OB(c2cc(-c3cccc(-c4ccccc4S)c3)cc(-c3ccc4c(c3)c3ccccc3n4-c3ccccc3)c2)OC1(C)C. The molecule has 1 fully saturated rings. The van der Waals surface area contributed by atoms with E-state index in [0.717, 1.165) is 49.4 Å². The van der Waals surface area contributed by atoms with Gasteiger partial charge in [0.1, 0.15) is 0 Å². The Morgan fingerprint density at radius 1 is 0.511 bits per heavy atom. The summed E-state index contributed by atoms with van der Waals surface area (Å²) in [5.41, 5.74) is 10.4. The Morgan fingerprint density at radius 3 is 1.85 bits per heavy atom. The van der Waals surface area contributed by atoms with Gasteiger partial charge >= 0.3 is 7.12 Å². The minimum Gasteiger partial charge on any atom is -0.399 e. The summed E-state index contributed by atoms with van der Waals surface area (Å²) in [7, 11) is -0.483. The molecule has 2 heterocycles. The van der Waals surface area contributed by atoms with Crippen LogP contribution < -0.4 is 5.46 Å². The summed E-state index contributed by atoms with van der Waals surface area (Å²) in [6, 6.07) is 49.7. The van der Waals surface area contributed by atoms with Crippen LogP contribution in [0.3, 0.4) is 0 Å². The molecule has 0 spiro atoms. The van der Waals surface area contributed by atoms with Crippen molar-refractivity contribution < 1.29 is 9.31 Å². The van der Waals surface area contributed by atoms with Crippen LogP contribution in [0, 0.1) is 0 Å². The normalized spacial score (nSPS) is 15.5. The molecule has 47 heavy (non-hydrogen) atoms. The minimum absolute atomic E-state index is 0.442. The third-order valence-electron chi connectivity index (χ3n) is 9.91. The molecular weight excluding hydrogens is 593 g/mol. The van der Waals surface area contributed by atoms with Crippen LogP contribution in [0.5, 0.6) is 0 Å². The lowest BCUT2D eigenvalue weighted by molar-refractivity contribution is 0.00578. The Morgan fingerprint density at radius 2 is 1.11 bits per heavy atom. The number of hydrogen-bond donors (Lipinski definition) is 1. The Labute approximate surface area is 282 Å². The van der Waals surface area contributed by atoms with E-state index in [0.29, 0.717) is 0 Å². The van der Waals surface area contributed by atoms with E-state index >= 15 is 0 Å². The zero-order valence-electron chi connectivity index (χ0n) is 27.1. The van der Waals surface area contributed by atoms with Gasteiger partial charge in [-0.3, -0.25) is 0 Å². The first-order valence-electron chi connectivity index (χ1n) is 16.2. The number of nitrogens with zero attached hydrogens (tertiary/aromatic N) is 1. The van der Waals surface area contributed by atoms with Gasteiger partial charge in [0, 0.05) is 21.4 Å². The molecule has 230 valence electrons. The summed E-state index contributed by atoms with van der Waals surface area (Å²) in [5.74, 6) is 0. The Kier molecular flexibility index (Phi) is 7.18. The lowest BCUT2D eigenvalue weighted by Crippen LogP contribution is -2.41. The lowest BCUT2D eigenvalue weighted by Gasteiger charge is -2.32. The van der Waals surface area contributed by atoms with Crippen molar-refractivity contribution in [1.82, 2.24) is 4.57 Å². The van der Waals surface area contributed by atoms with E-state index in [4.69, 9.17) is 21.9 Å². The molecule has 8 rings (SSSR count). The Bertz CT molecular complexity index is 2270. The first-order chi connectivity index (χ1) is 22.7. The van der Waals surface area contributed by atoms with Crippen molar-refractivity contribution in [2.45, 2.75) is 43.8 Å². The molecular formula is C42H36BNO2S. The van der Waals surface area contributed by atoms with Gasteiger partial charge in [-0.2, -0.15) is 0 Å². The molecule has 0 N–H and O–H groups in total. The molecule has 0 aliphatic carbocycles. The van der Waals surface area contributed by atoms with Gasteiger partial charge in [0.15, 0.2) is 0 Å². The standard InChI is InChI=1S/C42H36BNO2S/c1-41(2)42(3,4)46-43(45-41)33-25-31(28-13-12-14-30(23-28)35-17-9-11-20-40(35)47)24-32(26-33)29-21-22-39-37(27-29)36-18-8-10-19-38(36)44(39)34-15-6-5-7-16-34/h5-27,47H,1-4H3. The molecule has 7 aromatic rings. The highest BCUT2D eigenvalue weighted by Gasteiger charge is 2.51. The number of benzene rings is 6. The number of para-hydroxylation sites is 2. The molecule has 5 heteroatoms. The third kappa shape index (κ3) is 5.19. The topological polar surface area (TPSA) is 23.4 Å². The molecule has 3 nitrogen and oxygen atoms in total. The van der Waals surface area contributed by atoms with Gasteiger partial charge in [-0.25, -0.2) is 0 Å². The molecule has 1 saturated heterocycles. The van der Waals surface area contributed by atoms with Gasteiger partial charge in [0.25, 0.3) is 0 Å². The number of fused-ring (bicyclic) bond motifs is 3. The summed E-state index contributed by atoms with van der Waals surface area (Å²) in [6.45, 7) is 8.41. The van der Waals surface area contributed by atoms with Crippen molar-refractivity contribution in [2.75, 3.05) is 0 Å². The van der Waals surface area contributed by atoms with Gasteiger partial charge in [-0.05, 0) is 115 Å². The van der Waals surface area contributed by atoms with Gasteiger partial charge < -0.3 is 13.9 Å². The van der Waals surface area contributed by atoms with Gasteiger partial charge in [0.2, 0.25) is 0 Å². The van der Waals surface area contributed by atoms with E-state index in [1.165, 1.54) is 21.8 Å². The molecule has 0 bridgehead atoms. The maximum Gasteiger partial charge on any atom is 0.494 e. The minimum atomic E-state index is -0.483. The second-order valence-corrected chi connectivity index (χ2v) is 13.9. The highest BCUT2D eigenvalue weighted by Crippen LogP contribution is 2.39. The first-order valence-corrected chi connectivity index (χ1v) is 16.6. The summed E-state index contributed by atoms with van der Waals surface area (Å²) < 4.78 is 15.5.